The van der Waals surface area contributed by atoms with Crippen LogP contribution in [0.5, 0.6) is 11.5 Å². The Balaban J connectivity index is 1.85. The molecule has 0 bridgehead atoms. The molecule has 1 amide bonds. The Bertz CT molecular complexity index is 1410. The van der Waals surface area contributed by atoms with E-state index in [9.17, 15) is 24.6 Å². The Kier molecular flexibility index (Phi) is 7.40. The fourth-order valence-electron chi connectivity index (χ4n) is 3.93. The number of hydrogen-bond acceptors (Lipinski definition) is 9. The van der Waals surface area contributed by atoms with Gasteiger partial charge in [-0.3, -0.25) is 14.5 Å². The lowest BCUT2D eigenvalue weighted by Crippen LogP contribution is -2.29. The number of aliphatic hydroxyl groups is 1. The summed E-state index contributed by atoms with van der Waals surface area (Å²) in [5.41, 5.74) is 0.819. The summed E-state index contributed by atoms with van der Waals surface area (Å²) in [4.78, 5) is 44.6. The number of aromatic hydroxyl groups is 1. The lowest BCUT2D eigenvalue weighted by atomic mass is 9.95. The topological polar surface area (TPSA) is 126 Å². The highest BCUT2D eigenvalue weighted by atomic mass is 32.1. The van der Waals surface area contributed by atoms with Gasteiger partial charge in [0.2, 0.25) is 0 Å². The number of carbonyl (C=O) groups is 3. The van der Waals surface area contributed by atoms with Gasteiger partial charge in [0.25, 0.3) is 5.78 Å². The number of ether oxygens (including phenoxy) is 2. The van der Waals surface area contributed by atoms with E-state index in [0.29, 0.717) is 23.6 Å². The lowest BCUT2D eigenvalue weighted by Gasteiger charge is -2.23. The Morgan fingerprint density at radius 2 is 1.95 bits per heavy atom. The predicted molar refractivity (Wildman–Crippen MR) is 138 cm³/mol. The summed E-state index contributed by atoms with van der Waals surface area (Å²) >= 11 is 0.908. The fourth-order valence-corrected chi connectivity index (χ4v) is 4.92. The molecular weight excluding hydrogens is 496 g/mol. The maximum atomic E-state index is 13.3. The SMILES string of the molecule is C=CCOc1ccc(C(O)=C2C(=O)C(=O)N(c3nc(C)c(C(=O)OCC)s3)[C@H]2c2cccc(O)c2)cc1. The van der Waals surface area contributed by atoms with E-state index >= 15 is 0 Å². The van der Waals surface area contributed by atoms with Gasteiger partial charge >= 0.3 is 11.9 Å². The molecule has 3 aromatic rings. The van der Waals surface area contributed by atoms with Crippen LogP contribution in [0.2, 0.25) is 0 Å². The molecule has 10 heteroatoms. The highest BCUT2D eigenvalue weighted by molar-refractivity contribution is 7.17. The van der Waals surface area contributed by atoms with Crippen LogP contribution in [0.1, 0.15) is 39.5 Å². The maximum Gasteiger partial charge on any atom is 0.350 e. The molecule has 1 aromatic heterocycles. The molecule has 37 heavy (non-hydrogen) atoms. The number of anilines is 1. The van der Waals surface area contributed by atoms with Crippen molar-refractivity contribution in [3.63, 3.8) is 0 Å². The summed E-state index contributed by atoms with van der Waals surface area (Å²) in [7, 11) is 0. The van der Waals surface area contributed by atoms with E-state index in [-0.39, 0.29) is 33.5 Å². The third-order valence-electron chi connectivity index (χ3n) is 5.58. The van der Waals surface area contributed by atoms with Crippen molar-refractivity contribution in [2.24, 2.45) is 0 Å². The van der Waals surface area contributed by atoms with Crippen molar-refractivity contribution in [2.45, 2.75) is 19.9 Å². The molecule has 0 spiro atoms. The Morgan fingerprint density at radius 1 is 1.22 bits per heavy atom. The molecule has 4 rings (SSSR count). The van der Waals surface area contributed by atoms with Gasteiger partial charge in [-0.25, -0.2) is 9.78 Å². The zero-order chi connectivity index (χ0) is 26.7. The summed E-state index contributed by atoms with van der Waals surface area (Å²) in [5, 5.41) is 21.4. The molecule has 1 fully saturated rings. The monoisotopic (exact) mass is 520 g/mol. The van der Waals surface area contributed by atoms with Gasteiger partial charge in [0, 0.05) is 5.56 Å². The smallest absolute Gasteiger partial charge is 0.350 e. The van der Waals surface area contributed by atoms with Crippen molar-refractivity contribution < 1.29 is 34.1 Å². The number of aliphatic hydroxyl groups excluding tert-OH is 1. The number of phenols is 1. The van der Waals surface area contributed by atoms with Crippen LogP contribution < -0.4 is 9.64 Å². The number of aryl methyl sites for hydroxylation is 1. The highest BCUT2D eigenvalue weighted by Gasteiger charge is 2.48. The predicted octanol–water partition coefficient (Wildman–Crippen LogP) is 4.52. The minimum absolute atomic E-state index is 0.0863. The molecule has 2 aromatic carbocycles. The Morgan fingerprint density at radius 3 is 2.59 bits per heavy atom. The number of phenolic OH excluding ortho intramolecular Hbond substituents is 1. The third-order valence-corrected chi connectivity index (χ3v) is 6.71. The van der Waals surface area contributed by atoms with Crippen LogP contribution in [0.15, 0.2) is 66.8 Å². The number of thiazole rings is 1. The summed E-state index contributed by atoms with van der Waals surface area (Å²) in [6, 6.07) is 11.3. The van der Waals surface area contributed by atoms with Crippen molar-refractivity contribution in [3.05, 3.63) is 88.5 Å². The molecule has 0 saturated carbocycles. The van der Waals surface area contributed by atoms with E-state index < -0.39 is 29.5 Å². The van der Waals surface area contributed by atoms with Gasteiger partial charge in [0.1, 0.15) is 28.7 Å². The molecule has 190 valence electrons. The first kappa shape index (κ1) is 25.6. The van der Waals surface area contributed by atoms with Crippen LogP contribution in [0, 0.1) is 6.92 Å². The minimum atomic E-state index is -1.11. The zero-order valence-electron chi connectivity index (χ0n) is 20.1. The molecule has 1 aliphatic heterocycles. The molecule has 2 N–H and O–H groups in total. The van der Waals surface area contributed by atoms with Gasteiger partial charge in [-0.2, -0.15) is 0 Å². The largest absolute Gasteiger partial charge is 0.508 e. The van der Waals surface area contributed by atoms with Crippen LogP contribution in [0.25, 0.3) is 5.76 Å². The first-order valence-corrected chi connectivity index (χ1v) is 12.2. The molecule has 1 aliphatic rings. The standard InChI is InChI=1S/C27H24N2O7S/c1-4-13-36-19-11-9-16(10-12-19)22(31)20-21(17-7-6-8-18(30)14-17)29(25(33)23(20)32)27-28-15(3)24(37-27)26(34)35-5-2/h4,6-12,14,21,30-31H,1,5,13H2,2-3H3/t21-/m0/s1. The van der Waals surface area contributed by atoms with Crippen molar-refractivity contribution in [2.75, 3.05) is 18.1 Å². The molecule has 1 atom stereocenters. The number of amides is 1. The van der Waals surface area contributed by atoms with Crippen LogP contribution in [0.3, 0.4) is 0 Å². The van der Waals surface area contributed by atoms with Gasteiger partial charge in [0.05, 0.1) is 23.9 Å². The lowest BCUT2D eigenvalue weighted by molar-refractivity contribution is -0.132. The molecular formula is C27H24N2O7S. The molecule has 0 aliphatic carbocycles. The van der Waals surface area contributed by atoms with E-state index in [1.54, 1.807) is 56.3 Å². The van der Waals surface area contributed by atoms with Crippen molar-refractivity contribution >= 4 is 39.9 Å². The normalized spacial score (nSPS) is 16.6. The van der Waals surface area contributed by atoms with Gasteiger partial charge in [-0.1, -0.05) is 36.1 Å². The average Bonchev–Trinajstić information content (AvgIpc) is 3.39. The number of rotatable bonds is 8. The first-order valence-electron chi connectivity index (χ1n) is 11.3. The van der Waals surface area contributed by atoms with Gasteiger partial charge < -0.3 is 19.7 Å². The first-order chi connectivity index (χ1) is 17.8. The van der Waals surface area contributed by atoms with E-state index in [1.807, 2.05) is 0 Å². The van der Waals surface area contributed by atoms with Crippen LogP contribution in [-0.2, 0) is 14.3 Å². The number of aromatic nitrogens is 1. The quantitative estimate of drug-likeness (QED) is 0.146. The molecule has 0 radical (unpaired) electrons. The van der Waals surface area contributed by atoms with Crippen molar-refractivity contribution in [1.29, 1.82) is 0 Å². The van der Waals surface area contributed by atoms with Crippen molar-refractivity contribution in [1.82, 2.24) is 4.98 Å². The van der Waals surface area contributed by atoms with Crippen LogP contribution in [-0.4, -0.2) is 46.1 Å². The average molecular weight is 521 g/mol. The number of benzene rings is 2. The van der Waals surface area contributed by atoms with E-state index in [4.69, 9.17) is 9.47 Å². The number of carbonyl (C=O) groups excluding carboxylic acids is 3. The van der Waals surface area contributed by atoms with E-state index in [1.165, 1.54) is 12.1 Å². The molecule has 0 unspecified atom stereocenters. The van der Waals surface area contributed by atoms with E-state index in [0.717, 1.165) is 16.2 Å². The number of hydrogen-bond donors (Lipinski definition) is 2. The third kappa shape index (κ3) is 4.96. The number of Topliss-reactive ketones (excluding diaryl/α,β-unsaturated/α-hetero) is 1. The second-order valence-electron chi connectivity index (χ2n) is 8.02. The Hall–Kier alpha value is -4.44. The number of nitrogens with zero attached hydrogens (tertiary/aromatic N) is 2. The summed E-state index contributed by atoms with van der Waals surface area (Å²) in [6.07, 6.45) is 1.60. The van der Waals surface area contributed by atoms with Crippen molar-refractivity contribution in [3.8, 4) is 11.5 Å². The second kappa shape index (κ2) is 10.7. The Labute approximate surface area is 216 Å². The fraction of sp³-hybridized carbons (Fsp3) is 0.185. The molecule has 2 heterocycles. The summed E-state index contributed by atoms with van der Waals surface area (Å²) in [5.74, 6) is -2.40. The van der Waals surface area contributed by atoms with Crippen LogP contribution >= 0.6 is 11.3 Å². The second-order valence-corrected chi connectivity index (χ2v) is 9.00. The van der Waals surface area contributed by atoms with Crippen LogP contribution in [0.4, 0.5) is 5.13 Å². The summed E-state index contributed by atoms with van der Waals surface area (Å²) in [6.45, 7) is 7.33. The van der Waals surface area contributed by atoms with E-state index in [2.05, 4.69) is 11.6 Å². The van der Waals surface area contributed by atoms with Gasteiger partial charge in [-0.05, 0) is 55.8 Å². The maximum absolute atomic E-state index is 13.3. The highest BCUT2D eigenvalue weighted by Crippen LogP contribution is 2.44. The minimum Gasteiger partial charge on any atom is -0.508 e. The number of ketones is 1. The molecule has 1 saturated heterocycles. The van der Waals surface area contributed by atoms with Gasteiger partial charge in [0.15, 0.2) is 5.13 Å². The summed E-state index contributed by atoms with van der Waals surface area (Å²) < 4.78 is 10.5. The zero-order valence-corrected chi connectivity index (χ0v) is 20.9. The number of esters is 1. The van der Waals surface area contributed by atoms with Gasteiger partial charge in [-0.15, -0.1) is 0 Å². The molecule has 9 nitrogen and oxygen atoms in total.